The highest BCUT2D eigenvalue weighted by Gasteiger charge is 2.09. The molecule has 0 saturated heterocycles. The van der Waals surface area contributed by atoms with E-state index in [1.165, 1.54) is 6.33 Å². The fraction of sp³-hybridized carbons (Fsp3) is 0.250. The van der Waals surface area contributed by atoms with Gasteiger partial charge in [0.15, 0.2) is 0 Å². The minimum atomic E-state index is -0.0430. The number of nitrogens with one attached hydrogen (secondary N) is 1. The summed E-state index contributed by atoms with van der Waals surface area (Å²) in [6.07, 6.45) is 4.24. The van der Waals surface area contributed by atoms with Crippen LogP contribution in [-0.4, -0.2) is 20.7 Å². The highest BCUT2D eigenvalue weighted by atomic mass is 16.5. The van der Waals surface area contributed by atoms with Crippen molar-refractivity contribution in [1.82, 2.24) is 14.8 Å². The minimum Gasteiger partial charge on any atom is -0.487 e. The number of carbonyl (C=O) groups excluding carboxylic acids is 1. The van der Waals surface area contributed by atoms with Gasteiger partial charge in [-0.3, -0.25) is 9.48 Å². The maximum absolute atomic E-state index is 12.2. The Kier molecular flexibility index (Phi) is 5.98. The second-order valence-electron chi connectivity index (χ2n) is 6.08. The number of ether oxygens (including phenoxy) is 1. The monoisotopic (exact) mass is 350 g/mol. The summed E-state index contributed by atoms with van der Waals surface area (Å²) in [5, 5.41) is 6.97. The molecule has 26 heavy (non-hydrogen) atoms. The number of hydrogen-bond acceptors (Lipinski definition) is 4. The standard InChI is InChI=1S/C20H22N4O2/c1-16-9-10-18(19(12-16)26-13-17-6-3-2-4-7-17)23-20(25)8-5-11-24-15-21-14-22-24/h2-4,6-7,9-10,12,14-15H,5,8,11,13H2,1H3,(H,23,25). The Hall–Kier alpha value is -3.15. The molecule has 3 aromatic rings. The number of nitrogens with zero attached hydrogens (tertiary/aromatic N) is 3. The molecular weight excluding hydrogens is 328 g/mol. The summed E-state index contributed by atoms with van der Waals surface area (Å²) in [5.41, 5.74) is 2.86. The van der Waals surface area contributed by atoms with Crippen molar-refractivity contribution in [1.29, 1.82) is 0 Å². The summed E-state index contributed by atoms with van der Waals surface area (Å²) in [5.74, 6) is 0.636. The fourth-order valence-corrected chi connectivity index (χ4v) is 2.55. The molecule has 6 nitrogen and oxygen atoms in total. The van der Waals surface area contributed by atoms with E-state index in [9.17, 15) is 4.79 Å². The van der Waals surface area contributed by atoms with Gasteiger partial charge in [0, 0.05) is 13.0 Å². The van der Waals surface area contributed by atoms with Crippen molar-refractivity contribution in [2.24, 2.45) is 0 Å². The third-order valence-electron chi connectivity index (χ3n) is 3.91. The molecule has 0 aliphatic carbocycles. The summed E-state index contributed by atoms with van der Waals surface area (Å²) >= 11 is 0. The van der Waals surface area contributed by atoms with Crippen LogP contribution in [0.1, 0.15) is 24.0 Å². The van der Waals surface area contributed by atoms with Crippen LogP contribution in [0.4, 0.5) is 5.69 Å². The molecule has 1 amide bonds. The Balaban J connectivity index is 1.57. The van der Waals surface area contributed by atoms with Gasteiger partial charge in [0.1, 0.15) is 25.0 Å². The largest absolute Gasteiger partial charge is 0.487 e. The molecule has 0 aliphatic rings. The van der Waals surface area contributed by atoms with Crippen LogP contribution < -0.4 is 10.1 Å². The molecule has 1 heterocycles. The molecule has 3 rings (SSSR count). The normalized spacial score (nSPS) is 10.5. The van der Waals surface area contributed by atoms with Crippen LogP contribution in [0.3, 0.4) is 0 Å². The highest BCUT2D eigenvalue weighted by molar-refractivity contribution is 5.92. The van der Waals surface area contributed by atoms with Crippen LogP contribution in [0.25, 0.3) is 0 Å². The molecular formula is C20H22N4O2. The fourth-order valence-electron chi connectivity index (χ4n) is 2.55. The smallest absolute Gasteiger partial charge is 0.224 e. The molecule has 0 unspecified atom stereocenters. The van der Waals surface area contributed by atoms with E-state index in [4.69, 9.17) is 4.74 Å². The maximum atomic E-state index is 12.2. The summed E-state index contributed by atoms with van der Waals surface area (Å²) in [6.45, 7) is 3.12. The van der Waals surface area contributed by atoms with E-state index in [-0.39, 0.29) is 5.91 Å². The zero-order chi connectivity index (χ0) is 18.2. The van der Waals surface area contributed by atoms with Crippen molar-refractivity contribution in [3.8, 4) is 5.75 Å². The highest BCUT2D eigenvalue weighted by Crippen LogP contribution is 2.27. The molecule has 1 aromatic heterocycles. The van der Waals surface area contributed by atoms with Crippen LogP contribution in [0, 0.1) is 6.92 Å². The van der Waals surface area contributed by atoms with Crippen LogP contribution >= 0.6 is 0 Å². The second kappa shape index (κ2) is 8.80. The number of anilines is 1. The first-order valence-electron chi connectivity index (χ1n) is 8.60. The van der Waals surface area contributed by atoms with E-state index in [0.717, 1.165) is 11.1 Å². The Bertz CT molecular complexity index is 832. The van der Waals surface area contributed by atoms with E-state index < -0.39 is 0 Å². The first kappa shape index (κ1) is 17.7. The lowest BCUT2D eigenvalue weighted by molar-refractivity contribution is -0.116. The Morgan fingerprint density at radius 3 is 2.81 bits per heavy atom. The van der Waals surface area contributed by atoms with Crippen molar-refractivity contribution >= 4 is 11.6 Å². The lowest BCUT2D eigenvalue weighted by atomic mass is 10.2. The van der Waals surface area contributed by atoms with Crippen molar-refractivity contribution < 1.29 is 9.53 Å². The van der Waals surface area contributed by atoms with Gasteiger partial charge in [-0.1, -0.05) is 36.4 Å². The first-order chi connectivity index (χ1) is 12.7. The van der Waals surface area contributed by atoms with Crippen molar-refractivity contribution in [2.45, 2.75) is 32.9 Å². The summed E-state index contributed by atoms with van der Waals surface area (Å²) in [6, 6.07) is 15.7. The molecule has 0 atom stereocenters. The average molecular weight is 350 g/mol. The van der Waals surface area contributed by atoms with Crippen molar-refractivity contribution in [3.63, 3.8) is 0 Å². The van der Waals surface area contributed by atoms with Gasteiger partial charge in [0.05, 0.1) is 5.69 Å². The molecule has 6 heteroatoms. The van der Waals surface area contributed by atoms with Crippen LogP contribution in [0.5, 0.6) is 5.75 Å². The lowest BCUT2D eigenvalue weighted by Gasteiger charge is -2.13. The van der Waals surface area contributed by atoms with Gasteiger partial charge in [-0.2, -0.15) is 5.10 Å². The maximum Gasteiger partial charge on any atom is 0.224 e. The molecule has 0 fully saturated rings. The van der Waals surface area contributed by atoms with E-state index in [1.807, 2.05) is 55.5 Å². The van der Waals surface area contributed by atoms with Gasteiger partial charge < -0.3 is 10.1 Å². The van der Waals surface area contributed by atoms with Gasteiger partial charge in [-0.15, -0.1) is 0 Å². The number of carbonyl (C=O) groups is 1. The number of rotatable bonds is 8. The van der Waals surface area contributed by atoms with Crippen LogP contribution in [0.15, 0.2) is 61.2 Å². The van der Waals surface area contributed by atoms with E-state index in [0.29, 0.717) is 37.4 Å². The van der Waals surface area contributed by atoms with Gasteiger partial charge >= 0.3 is 0 Å². The molecule has 0 radical (unpaired) electrons. The lowest BCUT2D eigenvalue weighted by Crippen LogP contribution is -2.13. The van der Waals surface area contributed by atoms with E-state index >= 15 is 0 Å². The molecule has 1 N–H and O–H groups in total. The summed E-state index contributed by atoms with van der Waals surface area (Å²) < 4.78 is 7.65. The van der Waals surface area contributed by atoms with Gasteiger partial charge in [-0.25, -0.2) is 4.98 Å². The summed E-state index contributed by atoms with van der Waals surface area (Å²) in [7, 11) is 0. The minimum absolute atomic E-state index is 0.0430. The van der Waals surface area contributed by atoms with E-state index in [1.54, 1.807) is 11.0 Å². The predicted octanol–water partition coefficient (Wildman–Crippen LogP) is 3.58. The van der Waals surface area contributed by atoms with Crippen molar-refractivity contribution in [3.05, 3.63) is 72.3 Å². The van der Waals surface area contributed by atoms with Crippen LogP contribution in [0.2, 0.25) is 0 Å². The zero-order valence-corrected chi connectivity index (χ0v) is 14.8. The Morgan fingerprint density at radius 2 is 2.04 bits per heavy atom. The van der Waals surface area contributed by atoms with Crippen molar-refractivity contribution in [2.75, 3.05) is 5.32 Å². The van der Waals surface area contributed by atoms with Crippen LogP contribution in [-0.2, 0) is 17.9 Å². The van der Waals surface area contributed by atoms with Gasteiger partial charge in [0.2, 0.25) is 5.91 Å². The molecule has 134 valence electrons. The topological polar surface area (TPSA) is 69.0 Å². The number of amides is 1. The molecule has 0 saturated carbocycles. The second-order valence-corrected chi connectivity index (χ2v) is 6.08. The number of benzene rings is 2. The Morgan fingerprint density at radius 1 is 1.19 bits per heavy atom. The van der Waals surface area contributed by atoms with E-state index in [2.05, 4.69) is 15.4 Å². The third kappa shape index (κ3) is 5.17. The summed E-state index contributed by atoms with van der Waals surface area (Å²) in [4.78, 5) is 16.1. The molecule has 2 aromatic carbocycles. The third-order valence-corrected chi connectivity index (χ3v) is 3.91. The number of hydrogen-bond donors (Lipinski definition) is 1. The molecule has 0 aliphatic heterocycles. The SMILES string of the molecule is Cc1ccc(NC(=O)CCCn2cncn2)c(OCc2ccccc2)c1. The number of aromatic nitrogens is 3. The molecule has 0 bridgehead atoms. The average Bonchev–Trinajstić information content (AvgIpc) is 3.16. The zero-order valence-electron chi connectivity index (χ0n) is 14.8. The Labute approximate surface area is 152 Å². The first-order valence-corrected chi connectivity index (χ1v) is 8.60. The quantitative estimate of drug-likeness (QED) is 0.674. The number of aryl methyl sites for hydroxylation is 2. The van der Waals surface area contributed by atoms with Gasteiger partial charge in [-0.05, 0) is 36.6 Å². The predicted molar refractivity (Wildman–Crippen MR) is 99.8 cm³/mol. The molecule has 0 spiro atoms. The van der Waals surface area contributed by atoms with Gasteiger partial charge in [0.25, 0.3) is 0 Å².